The normalized spacial score (nSPS) is 12.7. The topological polar surface area (TPSA) is 51.0 Å². The first-order valence-corrected chi connectivity index (χ1v) is 4.79. The lowest BCUT2D eigenvalue weighted by molar-refractivity contribution is 0.415. The van der Waals surface area contributed by atoms with E-state index in [1.165, 1.54) is 0 Å². The number of nitrogens with one attached hydrogen (secondary N) is 1. The van der Waals surface area contributed by atoms with E-state index in [2.05, 4.69) is 11.6 Å². The Labute approximate surface area is 88.5 Å². The van der Waals surface area contributed by atoms with Crippen molar-refractivity contribution in [3.63, 3.8) is 0 Å². The molecule has 0 radical (unpaired) electrons. The van der Waals surface area contributed by atoms with Gasteiger partial charge in [0.1, 0.15) is 5.75 Å². The maximum absolute atomic E-state index is 5.92. The van der Waals surface area contributed by atoms with Gasteiger partial charge in [0.15, 0.2) is 0 Å². The Morgan fingerprint density at radius 1 is 1.53 bits per heavy atom. The Balaban J connectivity index is 2.60. The molecule has 0 aliphatic rings. The van der Waals surface area contributed by atoms with Crippen LogP contribution in [-0.2, 0) is 0 Å². The lowest BCUT2D eigenvalue weighted by Gasteiger charge is -2.05. The van der Waals surface area contributed by atoms with Crippen LogP contribution >= 0.6 is 0 Å². The largest absolute Gasteiger partial charge is 0.497 e. The highest BCUT2D eigenvalue weighted by Gasteiger charge is 2.09. The standard InChI is InChI=1S/C12H14N2O/c1-3-11(13)10-7-14-12-5-4-8(15-2)6-9(10)12/h3-7,11,14H,1,13H2,2H3/t11-/m1/s1. The molecule has 3 nitrogen and oxygen atoms in total. The van der Waals surface area contributed by atoms with Crippen molar-refractivity contribution in [1.82, 2.24) is 4.98 Å². The molecule has 0 saturated heterocycles. The predicted molar refractivity (Wildman–Crippen MR) is 62.0 cm³/mol. The van der Waals surface area contributed by atoms with E-state index in [1.807, 2.05) is 24.4 Å². The van der Waals surface area contributed by atoms with Crippen LogP contribution in [0.1, 0.15) is 11.6 Å². The Hall–Kier alpha value is -1.74. The zero-order chi connectivity index (χ0) is 10.8. The fourth-order valence-corrected chi connectivity index (χ4v) is 1.65. The Morgan fingerprint density at radius 2 is 2.33 bits per heavy atom. The molecule has 0 aliphatic heterocycles. The lowest BCUT2D eigenvalue weighted by Crippen LogP contribution is -2.05. The molecule has 0 fully saturated rings. The summed E-state index contributed by atoms with van der Waals surface area (Å²) in [7, 11) is 1.65. The molecular formula is C12H14N2O. The highest BCUT2D eigenvalue weighted by molar-refractivity contribution is 5.85. The summed E-state index contributed by atoms with van der Waals surface area (Å²) in [4.78, 5) is 3.17. The molecule has 1 aromatic carbocycles. The van der Waals surface area contributed by atoms with Crippen molar-refractivity contribution in [2.75, 3.05) is 7.11 Å². The second-order valence-electron chi connectivity index (χ2n) is 3.42. The molecule has 78 valence electrons. The van der Waals surface area contributed by atoms with Gasteiger partial charge in [-0.2, -0.15) is 0 Å². The quantitative estimate of drug-likeness (QED) is 0.751. The van der Waals surface area contributed by atoms with Crippen molar-refractivity contribution in [1.29, 1.82) is 0 Å². The minimum atomic E-state index is -0.147. The maximum atomic E-state index is 5.92. The van der Waals surface area contributed by atoms with E-state index < -0.39 is 0 Å². The molecule has 0 saturated carbocycles. The van der Waals surface area contributed by atoms with Crippen LogP contribution in [0.5, 0.6) is 5.75 Å². The first-order chi connectivity index (χ1) is 7.26. The van der Waals surface area contributed by atoms with Crippen LogP contribution < -0.4 is 10.5 Å². The van der Waals surface area contributed by atoms with Crippen molar-refractivity contribution in [3.8, 4) is 5.75 Å². The Morgan fingerprint density at radius 3 is 3.00 bits per heavy atom. The summed E-state index contributed by atoms with van der Waals surface area (Å²) in [6.07, 6.45) is 3.64. The van der Waals surface area contributed by atoms with Crippen molar-refractivity contribution in [2.24, 2.45) is 5.73 Å². The molecular weight excluding hydrogens is 188 g/mol. The van der Waals surface area contributed by atoms with E-state index in [9.17, 15) is 0 Å². The molecule has 1 aromatic heterocycles. The van der Waals surface area contributed by atoms with Gasteiger partial charge in [0.25, 0.3) is 0 Å². The van der Waals surface area contributed by atoms with Gasteiger partial charge < -0.3 is 15.5 Å². The third-order valence-corrected chi connectivity index (χ3v) is 2.53. The SMILES string of the molecule is C=C[C@@H](N)c1c[nH]c2ccc(OC)cc12. The second-order valence-corrected chi connectivity index (χ2v) is 3.42. The molecule has 3 heteroatoms. The molecule has 2 rings (SSSR count). The molecule has 0 unspecified atom stereocenters. The van der Waals surface area contributed by atoms with E-state index in [-0.39, 0.29) is 6.04 Å². The average Bonchev–Trinajstić information content (AvgIpc) is 2.70. The van der Waals surface area contributed by atoms with Crippen LogP contribution in [0.2, 0.25) is 0 Å². The number of ether oxygens (including phenoxy) is 1. The highest BCUT2D eigenvalue weighted by Crippen LogP contribution is 2.26. The summed E-state index contributed by atoms with van der Waals surface area (Å²) >= 11 is 0. The van der Waals surface area contributed by atoms with Gasteiger partial charge in [0, 0.05) is 23.1 Å². The number of fused-ring (bicyclic) bond motifs is 1. The molecule has 2 aromatic rings. The van der Waals surface area contributed by atoms with Crippen LogP contribution in [0.4, 0.5) is 0 Å². The predicted octanol–water partition coefficient (Wildman–Crippen LogP) is 2.36. The zero-order valence-corrected chi connectivity index (χ0v) is 8.66. The van der Waals surface area contributed by atoms with Crippen molar-refractivity contribution in [3.05, 3.63) is 42.6 Å². The van der Waals surface area contributed by atoms with E-state index in [4.69, 9.17) is 10.5 Å². The number of H-pyrrole nitrogens is 1. The van der Waals surface area contributed by atoms with Gasteiger partial charge in [-0.25, -0.2) is 0 Å². The van der Waals surface area contributed by atoms with Crippen molar-refractivity contribution < 1.29 is 4.74 Å². The first-order valence-electron chi connectivity index (χ1n) is 4.79. The second kappa shape index (κ2) is 3.79. The van der Waals surface area contributed by atoms with Crippen LogP contribution in [-0.4, -0.2) is 12.1 Å². The highest BCUT2D eigenvalue weighted by atomic mass is 16.5. The third-order valence-electron chi connectivity index (χ3n) is 2.53. The van der Waals surface area contributed by atoms with Gasteiger partial charge in [-0.05, 0) is 23.8 Å². The van der Waals surface area contributed by atoms with E-state index in [0.29, 0.717) is 0 Å². The van der Waals surface area contributed by atoms with Crippen LogP contribution in [0.3, 0.4) is 0 Å². The molecule has 0 amide bonds. The minimum Gasteiger partial charge on any atom is -0.497 e. The molecule has 0 bridgehead atoms. The van der Waals surface area contributed by atoms with E-state index in [1.54, 1.807) is 13.2 Å². The number of aromatic amines is 1. The number of nitrogens with two attached hydrogens (primary N) is 1. The fourth-order valence-electron chi connectivity index (χ4n) is 1.65. The van der Waals surface area contributed by atoms with Gasteiger partial charge in [-0.3, -0.25) is 0 Å². The van der Waals surface area contributed by atoms with Gasteiger partial charge in [0.2, 0.25) is 0 Å². The number of hydrogen-bond acceptors (Lipinski definition) is 2. The average molecular weight is 202 g/mol. The van der Waals surface area contributed by atoms with E-state index in [0.717, 1.165) is 22.2 Å². The fraction of sp³-hybridized carbons (Fsp3) is 0.167. The minimum absolute atomic E-state index is 0.147. The van der Waals surface area contributed by atoms with Gasteiger partial charge in [0.05, 0.1) is 7.11 Å². The molecule has 0 aliphatic carbocycles. The van der Waals surface area contributed by atoms with E-state index >= 15 is 0 Å². The molecule has 15 heavy (non-hydrogen) atoms. The monoisotopic (exact) mass is 202 g/mol. The van der Waals surface area contributed by atoms with Gasteiger partial charge >= 0.3 is 0 Å². The summed E-state index contributed by atoms with van der Waals surface area (Å²) in [5, 5.41) is 1.08. The first kappa shape index (κ1) is 9.80. The Kier molecular flexibility index (Phi) is 2.47. The summed E-state index contributed by atoms with van der Waals surface area (Å²) in [5.41, 5.74) is 8.02. The smallest absolute Gasteiger partial charge is 0.119 e. The summed E-state index contributed by atoms with van der Waals surface area (Å²) in [6, 6.07) is 5.73. The Bertz CT molecular complexity index is 487. The van der Waals surface area contributed by atoms with Crippen LogP contribution in [0, 0.1) is 0 Å². The van der Waals surface area contributed by atoms with Crippen molar-refractivity contribution >= 4 is 10.9 Å². The molecule has 1 heterocycles. The van der Waals surface area contributed by atoms with Gasteiger partial charge in [-0.15, -0.1) is 6.58 Å². The maximum Gasteiger partial charge on any atom is 0.119 e. The number of aromatic nitrogens is 1. The summed E-state index contributed by atoms with van der Waals surface area (Å²) in [6.45, 7) is 3.70. The number of methoxy groups -OCH3 is 1. The van der Waals surface area contributed by atoms with Gasteiger partial charge in [-0.1, -0.05) is 6.08 Å². The number of rotatable bonds is 3. The molecule has 1 atom stereocenters. The molecule has 0 spiro atoms. The van der Waals surface area contributed by atoms with Crippen molar-refractivity contribution in [2.45, 2.75) is 6.04 Å². The lowest BCUT2D eigenvalue weighted by atomic mass is 10.1. The third kappa shape index (κ3) is 1.62. The van der Waals surface area contributed by atoms with Crippen LogP contribution in [0.15, 0.2) is 37.1 Å². The van der Waals surface area contributed by atoms with Crippen LogP contribution in [0.25, 0.3) is 10.9 Å². The molecule has 3 N–H and O–H groups in total. The number of hydrogen-bond donors (Lipinski definition) is 2. The summed E-state index contributed by atoms with van der Waals surface area (Å²) < 4.78 is 5.18. The summed E-state index contributed by atoms with van der Waals surface area (Å²) in [5.74, 6) is 0.833. The number of benzene rings is 1. The zero-order valence-electron chi connectivity index (χ0n) is 8.66.